The fourth-order valence-corrected chi connectivity index (χ4v) is 2.03. The highest BCUT2D eigenvalue weighted by atomic mass is 16.5. The van der Waals surface area contributed by atoms with Gasteiger partial charge >= 0.3 is 0 Å². The molecular formula is C12H21N3O3. The van der Waals surface area contributed by atoms with E-state index in [1.54, 1.807) is 4.90 Å². The minimum absolute atomic E-state index is 0.0125. The molecule has 1 atom stereocenters. The highest BCUT2D eigenvalue weighted by molar-refractivity contribution is 5.88. The molecule has 0 radical (unpaired) electrons. The zero-order chi connectivity index (χ0) is 13.0. The van der Waals surface area contributed by atoms with Gasteiger partial charge in [0.2, 0.25) is 11.8 Å². The van der Waals surface area contributed by atoms with Crippen LogP contribution >= 0.6 is 0 Å². The number of morpholine rings is 1. The van der Waals surface area contributed by atoms with Gasteiger partial charge < -0.3 is 20.3 Å². The van der Waals surface area contributed by atoms with Crippen molar-refractivity contribution < 1.29 is 14.3 Å². The van der Waals surface area contributed by atoms with Crippen LogP contribution in [0.25, 0.3) is 0 Å². The molecule has 18 heavy (non-hydrogen) atoms. The molecule has 6 nitrogen and oxygen atoms in total. The lowest BCUT2D eigenvalue weighted by atomic mass is 10.2. The molecule has 0 aromatic rings. The van der Waals surface area contributed by atoms with Crippen molar-refractivity contribution in [3.63, 3.8) is 0 Å². The van der Waals surface area contributed by atoms with Gasteiger partial charge in [-0.1, -0.05) is 0 Å². The summed E-state index contributed by atoms with van der Waals surface area (Å²) >= 11 is 0. The molecule has 1 saturated heterocycles. The molecule has 102 valence electrons. The third-order valence-corrected chi connectivity index (χ3v) is 3.22. The van der Waals surface area contributed by atoms with Crippen molar-refractivity contribution in [2.24, 2.45) is 0 Å². The molecule has 2 N–H and O–H groups in total. The van der Waals surface area contributed by atoms with Crippen LogP contribution in [0.4, 0.5) is 0 Å². The second kappa shape index (κ2) is 6.15. The summed E-state index contributed by atoms with van der Waals surface area (Å²) in [5, 5.41) is 5.93. The molecule has 1 heterocycles. The van der Waals surface area contributed by atoms with Crippen LogP contribution in [0.1, 0.15) is 19.8 Å². The van der Waals surface area contributed by atoms with E-state index in [2.05, 4.69) is 10.6 Å². The Hall–Kier alpha value is -1.14. The molecule has 0 aromatic carbocycles. The van der Waals surface area contributed by atoms with Crippen molar-refractivity contribution in [1.82, 2.24) is 15.5 Å². The van der Waals surface area contributed by atoms with Crippen molar-refractivity contribution in [2.75, 3.05) is 32.8 Å². The number of rotatable bonds is 5. The number of nitrogens with zero attached hydrogens (tertiary/aromatic N) is 1. The van der Waals surface area contributed by atoms with Crippen LogP contribution < -0.4 is 10.6 Å². The van der Waals surface area contributed by atoms with Gasteiger partial charge in [-0.15, -0.1) is 0 Å². The van der Waals surface area contributed by atoms with Gasteiger partial charge in [0.25, 0.3) is 0 Å². The van der Waals surface area contributed by atoms with Gasteiger partial charge in [-0.3, -0.25) is 9.59 Å². The normalized spacial score (nSPS) is 23.8. The van der Waals surface area contributed by atoms with Crippen molar-refractivity contribution in [2.45, 2.75) is 31.8 Å². The van der Waals surface area contributed by atoms with E-state index in [0.29, 0.717) is 38.9 Å². The molecule has 1 aliphatic carbocycles. The topological polar surface area (TPSA) is 70.7 Å². The minimum Gasteiger partial charge on any atom is -0.377 e. The third-order valence-electron chi connectivity index (χ3n) is 3.22. The average Bonchev–Trinajstić information content (AvgIpc) is 3.20. The summed E-state index contributed by atoms with van der Waals surface area (Å²) in [7, 11) is 0. The molecule has 0 spiro atoms. The van der Waals surface area contributed by atoms with Crippen molar-refractivity contribution in [3.05, 3.63) is 0 Å². The predicted molar refractivity (Wildman–Crippen MR) is 66.0 cm³/mol. The first kappa shape index (κ1) is 13.3. The van der Waals surface area contributed by atoms with Gasteiger partial charge in [0.05, 0.1) is 19.8 Å². The maximum absolute atomic E-state index is 12.1. The molecule has 0 bridgehead atoms. The Morgan fingerprint density at radius 3 is 2.83 bits per heavy atom. The third kappa shape index (κ3) is 3.43. The van der Waals surface area contributed by atoms with Gasteiger partial charge in [-0.05, 0) is 19.8 Å². The lowest BCUT2D eigenvalue weighted by Gasteiger charge is -2.34. The Bertz CT molecular complexity index is 318. The van der Waals surface area contributed by atoms with Crippen LogP contribution in [0, 0.1) is 0 Å². The Labute approximate surface area is 107 Å². The van der Waals surface area contributed by atoms with Crippen LogP contribution in [-0.2, 0) is 14.3 Å². The van der Waals surface area contributed by atoms with Gasteiger partial charge in [-0.25, -0.2) is 0 Å². The first-order valence-corrected chi connectivity index (χ1v) is 6.60. The Balaban J connectivity index is 1.88. The molecule has 1 aliphatic heterocycles. The van der Waals surface area contributed by atoms with E-state index < -0.39 is 6.04 Å². The van der Waals surface area contributed by atoms with E-state index in [0.717, 1.165) is 12.8 Å². The highest BCUT2D eigenvalue weighted by Crippen LogP contribution is 2.18. The summed E-state index contributed by atoms with van der Waals surface area (Å²) in [5.41, 5.74) is 0. The minimum atomic E-state index is -0.479. The molecule has 2 rings (SSSR count). The van der Waals surface area contributed by atoms with E-state index in [1.165, 1.54) is 0 Å². The summed E-state index contributed by atoms with van der Waals surface area (Å²) in [4.78, 5) is 25.6. The van der Waals surface area contributed by atoms with Crippen molar-refractivity contribution in [1.29, 1.82) is 0 Å². The van der Waals surface area contributed by atoms with Gasteiger partial charge in [0.15, 0.2) is 0 Å². The lowest BCUT2D eigenvalue weighted by molar-refractivity contribution is -0.147. The van der Waals surface area contributed by atoms with Crippen LogP contribution in [0.2, 0.25) is 0 Å². The van der Waals surface area contributed by atoms with E-state index in [9.17, 15) is 9.59 Å². The monoisotopic (exact) mass is 255 g/mol. The average molecular weight is 255 g/mol. The van der Waals surface area contributed by atoms with Crippen molar-refractivity contribution in [3.8, 4) is 0 Å². The first-order valence-electron chi connectivity index (χ1n) is 6.60. The summed E-state index contributed by atoms with van der Waals surface area (Å²) in [6, 6.07) is 0.0186. The van der Waals surface area contributed by atoms with E-state index >= 15 is 0 Å². The number of hydrogen-bond donors (Lipinski definition) is 2. The number of nitrogens with one attached hydrogen (secondary N) is 2. The maximum Gasteiger partial charge on any atom is 0.245 e. The smallest absolute Gasteiger partial charge is 0.245 e. The fraction of sp³-hybridized carbons (Fsp3) is 0.833. The van der Waals surface area contributed by atoms with Gasteiger partial charge in [0, 0.05) is 19.1 Å². The Morgan fingerprint density at radius 1 is 1.39 bits per heavy atom. The molecule has 1 saturated carbocycles. The Kier molecular flexibility index (Phi) is 4.54. The quantitative estimate of drug-likeness (QED) is 0.668. The molecular weight excluding hydrogens is 234 g/mol. The number of ether oxygens (including phenoxy) is 1. The molecule has 2 aliphatic rings. The predicted octanol–water partition coefficient (Wildman–Crippen LogP) is -0.898. The zero-order valence-electron chi connectivity index (χ0n) is 10.8. The van der Waals surface area contributed by atoms with Crippen LogP contribution in [-0.4, -0.2) is 61.6 Å². The van der Waals surface area contributed by atoms with Gasteiger partial charge in [-0.2, -0.15) is 0 Å². The summed E-state index contributed by atoms with van der Waals surface area (Å²) in [6.07, 6.45) is 2.30. The maximum atomic E-state index is 12.1. The second-order valence-electron chi connectivity index (χ2n) is 4.73. The number of likely N-dealkylation sites (N-methyl/N-ethyl adjacent to an activating group) is 1. The Morgan fingerprint density at radius 2 is 2.17 bits per heavy atom. The first-order chi connectivity index (χ1) is 8.72. The van der Waals surface area contributed by atoms with Crippen LogP contribution in [0.5, 0.6) is 0 Å². The standard InChI is InChI=1S/C12H21N3O3/c1-2-13-12(17)10-8-18-6-5-15(10)11(16)7-14-9-3-4-9/h9-10,14H,2-8H2,1H3,(H,13,17). The second-order valence-corrected chi connectivity index (χ2v) is 4.73. The van der Waals surface area contributed by atoms with E-state index in [1.807, 2.05) is 6.92 Å². The summed E-state index contributed by atoms with van der Waals surface area (Å²) in [5.74, 6) is -0.140. The van der Waals surface area contributed by atoms with Crippen molar-refractivity contribution >= 4 is 11.8 Å². The number of amides is 2. The summed E-state index contributed by atoms with van der Waals surface area (Å²) < 4.78 is 5.29. The zero-order valence-corrected chi connectivity index (χ0v) is 10.8. The van der Waals surface area contributed by atoms with Crippen LogP contribution in [0.3, 0.4) is 0 Å². The summed E-state index contributed by atoms with van der Waals surface area (Å²) in [6.45, 7) is 4.04. The largest absolute Gasteiger partial charge is 0.377 e. The number of carbonyl (C=O) groups excluding carboxylic acids is 2. The van der Waals surface area contributed by atoms with Crippen LogP contribution in [0.15, 0.2) is 0 Å². The molecule has 0 aromatic heterocycles. The molecule has 1 unspecified atom stereocenters. The fourth-order valence-electron chi connectivity index (χ4n) is 2.03. The SMILES string of the molecule is CCNC(=O)C1COCCN1C(=O)CNC1CC1. The van der Waals surface area contributed by atoms with E-state index in [-0.39, 0.29) is 11.8 Å². The molecule has 2 amide bonds. The highest BCUT2D eigenvalue weighted by Gasteiger charge is 2.33. The van der Waals surface area contributed by atoms with E-state index in [4.69, 9.17) is 4.74 Å². The number of hydrogen-bond acceptors (Lipinski definition) is 4. The molecule has 6 heteroatoms. The number of carbonyl (C=O) groups is 2. The van der Waals surface area contributed by atoms with Gasteiger partial charge in [0.1, 0.15) is 6.04 Å². The molecule has 2 fully saturated rings. The lowest BCUT2D eigenvalue weighted by Crippen LogP contribution is -2.57.